The molecule has 0 unspecified atom stereocenters. The lowest BCUT2D eigenvalue weighted by molar-refractivity contribution is 0.0907. The van der Waals surface area contributed by atoms with Gasteiger partial charge in [-0.3, -0.25) is 9.69 Å². The molecule has 148 valence electrons. The van der Waals surface area contributed by atoms with E-state index in [0.29, 0.717) is 12.4 Å². The smallest absolute Gasteiger partial charge is 0.410 e. The summed E-state index contributed by atoms with van der Waals surface area (Å²) in [6.07, 6.45) is 3.88. The number of rotatable bonds is 3. The second-order valence-corrected chi connectivity index (χ2v) is 8.61. The molecule has 1 amide bonds. The van der Waals surface area contributed by atoms with Crippen molar-refractivity contribution in [1.29, 1.82) is 0 Å². The van der Waals surface area contributed by atoms with Crippen molar-refractivity contribution in [3.05, 3.63) is 63.3 Å². The van der Waals surface area contributed by atoms with E-state index in [-0.39, 0.29) is 29.7 Å². The van der Waals surface area contributed by atoms with Gasteiger partial charge in [-0.2, -0.15) is 0 Å². The highest BCUT2D eigenvalue weighted by atomic mass is 16.6. The van der Waals surface area contributed by atoms with Crippen LogP contribution in [0.4, 0.5) is 4.79 Å². The molecule has 6 heteroatoms. The van der Waals surface area contributed by atoms with Crippen LogP contribution in [0.5, 0.6) is 0 Å². The van der Waals surface area contributed by atoms with Crippen molar-refractivity contribution in [3.63, 3.8) is 0 Å². The summed E-state index contributed by atoms with van der Waals surface area (Å²) >= 11 is 0. The first kappa shape index (κ1) is 18.7. The van der Waals surface area contributed by atoms with Gasteiger partial charge in [0.2, 0.25) is 0 Å². The van der Waals surface area contributed by atoms with Crippen LogP contribution in [0, 0.1) is 5.41 Å². The Kier molecular flexibility index (Phi) is 4.96. The van der Waals surface area contributed by atoms with E-state index in [4.69, 9.17) is 9.72 Å². The minimum Gasteiger partial charge on any atom is -0.445 e. The van der Waals surface area contributed by atoms with Crippen LogP contribution in [0.1, 0.15) is 61.8 Å². The van der Waals surface area contributed by atoms with Crippen molar-refractivity contribution in [2.75, 3.05) is 6.54 Å². The zero-order valence-electron chi connectivity index (χ0n) is 16.5. The number of aromatic amines is 1. The van der Waals surface area contributed by atoms with Gasteiger partial charge in [-0.15, -0.1) is 0 Å². The molecule has 1 N–H and O–H groups in total. The maximum Gasteiger partial charge on any atom is 0.410 e. The van der Waals surface area contributed by atoms with Gasteiger partial charge in [0.25, 0.3) is 5.56 Å². The number of aryl methyl sites for hydroxylation is 1. The molecule has 0 saturated carbocycles. The number of nitrogens with zero attached hydrogens (tertiary/aromatic N) is 2. The molecule has 2 aromatic rings. The lowest BCUT2D eigenvalue weighted by Crippen LogP contribution is -2.35. The predicted molar refractivity (Wildman–Crippen MR) is 106 cm³/mol. The molecule has 0 bridgehead atoms. The Labute approximate surface area is 164 Å². The molecule has 1 saturated heterocycles. The number of fused-ring (bicyclic) bond motifs is 1. The minimum absolute atomic E-state index is 0.0581. The van der Waals surface area contributed by atoms with Crippen LogP contribution in [0.15, 0.2) is 35.1 Å². The van der Waals surface area contributed by atoms with Crippen molar-refractivity contribution in [1.82, 2.24) is 14.9 Å². The molecule has 1 atom stereocenters. The summed E-state index contributed by atoms with van der Waals surface area (Å²) in [5.41, 5.74) is 2.72. The number of carbonyl (C=O) groups excluding carboxylic acids is 1. The molecule has 1 aromatic carbocycles. The molecule has 0 radical (unpaired) electrons. The average molecular weight is 381 g/mol. The minimum atomic E-state index is -0.354. The van der Waals surface area contributed by atoms with Crippen molar-refractivity contribution >= 4 is 6.09 Å². The molecule has 1 aromatic heterocycles. The topological polar surface area (TPSA) is 75.3 Å². The van der Waals surface area contributed by atoms with Gasteiger partial charge in [0.05, 0.1) is 11.7 Å². The fraction of sp³-hybridized carbons (Fsp3) is 0.500. The zero-order valence-corrected chi connectivity index (χ0v) is 16.5. The van der Waals surface area contributed by atoms with Crippen LogP contribution in [-0.4, -0.2) is 27.5 Å². The number of hydrogen-bond donors (Lipinski definition) is 1. The van der Waals surface area contributed by atoms with Gasteiger partial charge < -0.3 is 9.72 Å². The van der Waals surface area contributed by atoms with Crippen molar-refractivity contribution in [2.24, 2.45) is 5.41 Å². The Bertz CT molecular complexity index is 920. The number of hydrogen-bond acceptors (Lipinski definition) is 4. The molecule has 0 spiro atoms. The highest BCUT2D eigenvalue weighted by Gasteiger charge is 2.35. The second-order valence-electron chi connectivity index (χ2n) is 8.61. The Morgan fingerprint density at radius 1 is 1.32 bits per heavy atom. The Morgan fingerprint density at radius 3 is 2.89 bits per heavy atom. The van der Waals surface area contributed by atoms with Crippen LogP contribution < -0.4 is 5.56 Å². The summed E-state index contributed by atoms with van der Waals surface area (Å²) in [7, 11) is 0. The van der Waals surface area contributed by atoms with Crippen LogP contribution in [0.2, 0.25) is 0 Å². The molecular formula is C22H27N3O3. The van der Waals surface area contributed by atoms with Gasteiger partial charge in [-0.05, 0) is 43.1 Å². The summed E-state index contributed by atoms with van der Waals surface area (Å²) in [5.74, 6) is 0.595. The number of benzene rings is 1. The Hall–Kier alpha value is -2.63. The van der Waals surface area contributed by atoms with E-state index in [0.717, 1.165) is 48.9 Å². The number of carbonyl (C=O) groups is 1. The van der Waals surface area contributed by atoms with Gasteiger partial charge in [-0.1, -0.05) is 44.2 Å². The number of nitrogens with one attached hydrogen (secondary N) is 1. The Morgan fingerprint density at radius 2 is 2.11 bits per heavy atom. The van der Waals surface area contributed by atoms with Gasteiger partial charge >= 0.3 is 6.09 Å². The van der Waals surface area contributed by atoms with Crippen molar-refractivity contribution < 1.29 is 9.53 Å². The predicted octanol–water partition coefficient (Wildman–Crippen LogP) is 3.76. The van der Waals surface area contributed by atoms with Crippen LogP contribution in [-0.2, 0) is 24.2 Å². The highest BCUT2D eigenvalue weighted by Crippen LogP contribution is 2.34. The van der Waals surface area contributed by atoms with Gasteiger partial charge in [0.15, 0.2) is 0 Å². The Balaban J connectivity index is 1.51. The maximum atomic E-state index is 12.7. The van der Waals surface area contributed by atoms with Crippen LogP contribution >= 0.6 is 0 Å². The molecule has 1 fully saturated rings. The lowest BCUT2D eigenvalue weighted by Gasteiger charge is -2.31. The number of aromatic nitrogens is 2. The third-order valence-corrected chi connectivity index (χ3v) is 5.82. The monoisotopic (exact) mass is 381 g/mol. The average Bonchev–Trinajstić information content (AvgIpc) is 3.17. The SMILES string of the molecule is CC1(C)CCc2nc([C@H]3CCCN3C(=O)OCc3ccccc3)[nH]c(=O)c2C1. The lowest BCUT2D eigenvalue weighted by atomic mass is 9.76. The summed E-state index contributed by atoms with van der Waals surface area (Å²) < 4.78 is 5.50. The summed E-state index contributed by atoms with van der Waals surface area (Å²) in [4.78, 5) is 34.8. The maximum absolute atomic E-state index is 12.7. The van der Waals surface area contributed by atoms with Crippen molar-refractivity contribution in [2.45, 2.75) is 58.6 Å². The number of H-pyrrole nitrogens is 1. The fourth-order valence-corrected chi connectivity index (χ4v) is 4.21. The normalized spacial score (nSPS) is 20.6. The van der Waals surface area contributed by atoms with E-state index in [1.165, 1.54) is 0 Å². The highest BCUT2D eigenvalue weighted by molar-refractivity contribution is 5.68. The van der Waals surface area contributed by atoms with E-state index in [2.05, 4.69) is 18.8 Å². The van der Waals surface area contributed by atoms with Gasteiger partial charge in [-0.25, -0.2) is 9.78 Å². The first-order valence-corrected chi connectivity index (χ1v) is 10.0. The fourth-order valence-electron chi connectivity index (χ4n) is 4.21. The van der Waals surface area contributed by atoms with E-state index >= 15 is 0 Å². The molecule has 2 heterocycles. The van der Waals surface area contributed by atoms with E-state index < -0.39 is 0 Å². The number of likely N-dealkylation sites (tertiary alicyclic amines) is 1. The number of amides is 1. The van der Waals surface area contributed by atoms with Gasteiger partial charge in [0, 0.05) is 12.1 Å². The molecule has 2 aliphatic rings. The van der Waals surface area contributed by atoms with E-state index in [9.17, 15) is 9.59 Å². The molecule has 1 aliphatic carbocycles. The largest absolute Gasteiger partial charge is 0.445 e. The second kappa shape index (κ2) is 7.41. The zero-order chi connectivity index (χ0) is 19.7. The standard InChI is InChI=1S/C22H27N3O3/c1-22(2)11-10-17-16(13-22)20(26)24-19(23-17)18-9-6-12-25(18)21(27)28-14-15-7-4-3-5-8-15/h3-5,7-8,18H,6,9-14H2,1-2H3,(H,23,24,26)/t18-/m1/s1. The molecule has 28 heavy (non-hydrogen) atoms. The van der Waals surface area contributed by atoms with Crippen LogP contribution in [0.3, 0.4) is 0 Å². The molecular weight excluding hydrogens is 354 g/mol. The van der Waals surface area contributed by atoms with Gasteiger partial charge in [0.1, 0.15) is 12.4 Å². The van der Waals surface area contributed by atoms with E-state index in [1.54, 1.807) is 4.90 Å². The third-order valence-electron chi connectivity index (χ3n) is 5.82. The first-order valence-electron chi connectivity index (χ1n) is 10.0. The number of ether oxygens (including phenoxy) is 1. The summed E-state index contributed by atoms with van der Waals surface area (Å²) in [6, 6.07) is 9.41. The van der Waals surface area contributed by atoms with E-state index in [1.807, 2.05) is 30.3 Å². The van der Waals surface area contributed by atoms with Crippen LogP contribution in [0.25, 0.3) is 0 Å². The summed E-state index contributed by atoms with van der Waals surface area (Å²) in [5, 5.41) is 0. The molecule has 6 nitrogen and oxygen atoms in total. The molecule has 1 aliphatic heterocycles. The summed E-state index contributed by atoms with van der Waals surface area (Å²) in [6.45, 7) is 5.23. The third kappa shape index (κ3) is 3.81. The first-order chi connectivity index (χ1) is 13.4. The van der Waals surface area contributed by atoms with Crippen molar-refractivity contribution in [3.8, 4) is 0 Å². The quantitative estimate of drug-likeness (QED) is 0.878. The molecule has 4 rings (SSSR count).